The number of hydrogen-bond acceptors (Lipinski definition) is 5. The Hall–Kier alpha value is -1.15. The molecule has 0 saturated heterocycles. The topological polar surface area (TPSA) is 71.2 Å². The summed E-state index contributed by atoms with van der Waals surface area (Å²) in [5.41, 5.74) is 3.43. The molecule has 0 aliphatic heterocycles. The fourth-order valence-corrected chi connectivity index (χ4v) is 2.17. The van der Waals surface area contributed by atoms with Crippen LogP contribution in [0.1, 0.15) is 12.5 Å². The van der Waals surface area contributed by atoms with Crippen molar-refractivity contribution in [3.8, 4) is 0 Å². The smallest absolute Gasteiger partial charge is 0.387 e. The fourth-order valence-electron chi connectivity index (χ4n) is 1.45. The summed E-state index contributed by atoms with van der Waals surface area (Å²) in [7, 11) is 0. The van der Waals surface area contributed by atoms with Crippen molar-refractivity contribution < 1.29 is 18.3 Å². The molecule has 1 aromatic heterocycles. The summed E-state index contributed by atoms with van der Waals surface area (Å²) < 4.78 is 37.7. The quantitative estimate of drug-likeness (QED) is 0.777. The second-order valence-corrected chi connectivity index (χ2v) is 5.31. The van der Waals surface area contributed by atoms with Gasteiger partial charge in [-0.2, -0.15) is 24.9 Å². The van der Waals surface area contributed by atoms with Crippen LogP contribution >= 0.6 is 11.8 Å². The first-order valence-corrected chi connectivity index (χ1v) is 6.83. The summed E-state index contributed by atoms with van der Waals surface area (Å²) in [5, 5.41) is 12.6. The van der Waals surface area contributed by atoms with Crippen LogP contribution in [0, 0.1) is 0 Å². The first-order chi connectivity index (χ1) is 8.64. The van der Waals surface area contributed by atoms with E-state index in [9.17, 15) is 18.3 Å². The van der Waals surface area contributed by atoms with E-state index in [1.807, 2.05) is 6.26 Å². The Morgan fingerprint density at radius 2 is 2.05 bits per heavy atom. The van der Waals surface area contributed by atoms with Crippen molar-refractivity contribution in [1.82, 2.24) is 4.98 Å². The summed E-state index contributed by atoms with van der Waals surface area (Å²) >= 11 is 1.44. The van der Waals surface area contributed by atoms with Gasteiger partial charge in [0.05, 0.1) is 11.2 Å². The van der Waals surface area contributed by atoms with Crippen LogP contribution in [-0.4, -0.2) is 34.2 Å². The maximum atomic E-state index is 12.6. The van der Waals surface area contributed by atoms with Crippen LogP contribution in [-0.2, 0) is 6.18 Å². The van der Waals surface area contributed by atoms with E-state index in [0.717, 1.165) is 12.1 Å². The molecule has 0 aliphatic carbocycles. The molecule has 1 atom stereocenters. The number of nitrogens with two attached hydrogens (primary N) is 1. The summed E-state index contributed by atoms with van der Waals surface area (Å²) in [6.07, 6.45) is -2.65. The number of halogens is 3. The van der Waals surface area contributed by atoms with Crippen molar-refractivity contribution in [2.45, 2.75) is 18.7 Å². The van der Waals surface area contributed by atoms with Crippen molar-refractivity contribution in [1.29, 1.82) is 0 Å². The van der Waals surface area contributed by atoms with E-state index in [1.165, 1.54) is 11.8 Å². The van der Waals surface area contributed by atoms with Crippen molar-refractivity contribution in [3.05, 3.63) is 17.7 Å². The number of hydrogen-bond donors (Lipinski definition) is 3. The molecular formula is C11H16F3N3OS. The van der Waals surface area contributed by atoms with Gasteiger partial charge in [-0.1, -0.05) is 0 Å². The Morgan fingerprint density at radius 1 is 1.42 bits per heavy atom. The molecule has 1 aromatic rings. The zero-order valence-electron chi connectivity index (χ0n) is 10.6. The predicted molar refractivity (Wildman–Crippen MR) is 71.1 cm³/mol. The van der Waals surface area contributed by atoms with Crippen molar-refractivity contribution in [2.24, 2.45) is 0 Å². The number of aromatic nitrogens is 1. The Labute approximate surface area is 113 Å². The van der Waals surface area contributed by atoms with E-state index in [-0.39, 0.29) is 18.2 Å². The third kappa shape index (κ3) is 5.15. The van der Waals surface area contributed by atoms with Crippen LogP contribution in [0.3, 0.4) is 0 Å². The van der Waals surface area contributed by atoms with Crippen LogP contribution in [0.2, 0.25) is 0 Å². The van der Waals surface area contributed by atoms with E-state index < -0.39 is 17.3 Å². The minimum Gasteiger partial charge on any atom is -0.387 e. The first-order valence-electron chi connectivity index (χ1n) is 5.44. The SMILES string of the molecule is CSCC(C)(O)CNc1cc(C(F)(F)F)cc(N)n1. The number of pyridine rings is 1. The molecule has 0 radical (unpaired) electrons. The molecule has 1 rings (SSSR count). The van der Waals surface area contributed by atoms with Gasteiger partial charge < -0.3 is 16.2 Å². The van der Waals surface area contributed by atoms with E-state index in [0.29, 0.717) is 5.75 Å². The summed E-state index contributed by atoms with van der Waals surface area (Å²) in [4.78, 5) is 3.76. The summed E-state index contributed by atoms with van der Waals surface area (Å²) in [6.45, 7) is 1.68. The number of thioether (sulfide) groups is 1. The van der Waals surface area contributed by atoms with Gasteiger partial charge in [0.25, 0.3) is 0 Å². The summed E-state index contributed by atoms with van der Waals surface area (Å²) in [6, 6.07) is 1.64. The highest BCUT2D eigenvalue weighted by Crippen LogP contribution is 2.31. The lowest BCUT2D eigenvalue weighted by molar-refractivity contribution is -0.137. The van der Waals surface area contributed by atoms with Crippen molar-refractivity contribution in [3.63, 3.8) is 0 Å². The molecule has 8 heteroatoms. The number of alkyl halides is 3. The molecule has 0 aliphatic rings. The maximum Gasteiger partial charge on any atom is 0.416 e. The molecule has 0 saturated carbocycles. The van der Waals surface area contributed by atoms with Crippen LogP contribution in [0.25, 0.3) is 0 Å². The molecule has 1 unspecified atom stereocenters. The third-order valence-corrected chi connectivity index (χ3v) is 3.19. The Morgan fingerprint density at radius 3 is 2.58 bits per heavy atom. The lowest BCUT2D eigenvalue weighted by Crippen LogP contribution is -2.36. The molecule has 0 bridgehead atoms. The average molecular weight is 295 g/mol. The van der Waals surface area contributed by atoms with Crippen molar-refractivity contribution in [2.75, 3.05) is 29.6 Å². The number of nitrogens with one attached hydrogen (secondary N) is 1. The van der Waals surface area contributed by atoms with Gasteiger partial charge in [-0.25, -0.2) is 4.98 Å². The van der Waals surface area contributed by atoms with Gasteiger partial charge in [-0.15, -0.1) is 0 Å². The van der Waals surface area contributed by atoms with Gasteiger partial charge in [0.1, 0.15) is 11.6 Å². The minimum atomic E-state index is -4.48. The van der Waals surface area contributed by atoms with Gasteiger partial charge in [0.15, 0.2) is 0 Å². The van der Waals surface area contributed by atoms with Gasteiger partial charge >= 0.3 is 6.18 Å². The molecule has 0 aromatic carbocycles. The minimum absolute atomic E-state index is 0.00583. The predicted octanol–water partition coefficient (Wildman–Crippen LogP) is 2.21. The summed E-state index contributed by atoms with van der Waals surface area (Å²) in [5.74, 6) is 0.226. The highest BCUT2D eigenvalue weighted by molar-refractivity contribution is 7.98. The largest absolute Gasteiger partial charge is 0.416 e. The maximum absolute atomic E-state index is 12.6. The lowest BCUT2D eigenvalue weighted by Gasteiger charge is -2.23. The van der Waals surface area contributed by atoms with Gasteiger partial charge in [-0.3, -0.25) is 0 Å². The van der Waals surface area contributed by atoms with Gasteiger partial charge in [-0.05, 0) is 25.3 Å². The molecule has 4 N–H and O–H groups in total. The number of anilines is 2. The van der Waals surface area contributed by atoms with Gasteiger partial charge in [0, 0.05) is 12.3 Å². The molecular weight excluding hydrogens is 279 g/mol. The van der Waals surface area contributed by atoms with E-state index >= 15 is 0 Å². The molecule has 0 spiro atoms. The van der Waals surface area contributed by atoms with Crippen LogP contribution in [0.4, 0.5) is 24.8 Å². The van der Waals surface area contributed by atoms with E-state index in [1.54, 1.807) is 6.92 Å². The van der Waals surface area contributed by atoms with Crippen molar-refractivity contribution >= 4 is 23.4 Å². The lowest BCUT2D eigenvalue weighted by atomic mass is 10.1. The zero-order chi connectivity index (χ0) is 14.7. The molecule has 0 amide bonds. The number of rotatable bonds is 5. The monoisotopic (exact) mass is 295 g/mol. The fraction of sp³-hybridized carbons (Fsp3) is 0.545. The highest BCUT2D eigenvalue weighted by Gasteiger charge is 2.31. The van der Waals surface area contributed by atoms with E-state index in [2.05, 4.69) is 10.3 Å². The number of nitrogens with zero attached hydrogens (tertiary/aromatic N) is 1. The van der Waals surface area contributed by atoms with Crippen LogP contribution in [0.5, 0.6) is 0 Å². The normalized spacial score (nSPS) is 15.1. The van der Waals surface area contributed by atoms with E-state index in [4.69, 9.17) is 5.73 Å². The Balaban J connectivity index is 2.82. The molecule has 108 valence electrons. The first kappa shape index (κ1) is 15.9. The zero-order valence-corrected chi connectivity index (χ0v) is 11.4. The Bertz CT molecular complexity index is 438. The van der Waals surface area contributed by atoms with Crippen LogP contribution in [0.15, 0.2) is 12.1 Å². The second kappa shape index (κ2) is 5.87. The third-order valence-electron chi connectivity index (χ3n) is 2.28. The molecule has 19 heavy (non-hydrogen) atoms. The molecule has 1 heterocycles. The second-order valence-electron chi connectivity index (χ2n) is 4.45. The average Bonchev–Trinajstić information content (AvgIpc) is 2.24. The van der Waals surface area contributed by atoms with Crippen LogP contribution < -0.4 is 11.1 Å². The van der Waals surface area contributed by atoms with Gasteiger partial charge in [0.2, 0.25) is 0 Å². The number of nitrogen functional groups attached to an aromatic ring is 1. The molecule has 4 nitrogen and oxygen atoms in total. The number of aliphatic hydroxyl groups is 1. The standard InChI is InChI=1S/C11H16F3N3OS/c1-10(18,6-19-2)5-16-9-4-7(11(12,13)14)3-8(15)17-9/h3-4,18H,5-6H2,1-2H3,(H3,15,16,17). The Kier molecular flexibility index (Phi) is 4.92. The molecule has 0 fully saturated rings. The highest BCUT2D eigenvalue weighted by atomic mass is 32.2.